The molecular formula is C12H9ClFN3O2. The maximum Gasteiger partial charge on any atom is 0.332 e. The van der Waals surface area contributed by atoms with Crippen LogP contribution in [-0.2, 0) is 0 Å². The molecule has 0 aliphatic carbocycles. The maximum atomic E-state index is 13.0. The molecule has 0 atom stereocenters. The number of rotatable bonds is 3. The quantitative estimate of drug-likeness (QED) is 0.670. The van der Waals surface area contributed by atoms with Crippen LogP contribution in [0.4, 0.5) is 9.18 Å². The summed E-state index contributed by atoms with van der Waals surface area (Å²) in [6.45, 7) is 0. The van der Waals surface area contributed by atoms with Gasteiger partial charge in [0, 0.05) is 5.56 Å². The highest BCUT2D eigenvalue weighted by atomic mass is 35.5. The van der Waals surface area contributed by atoms with Crippen LogP contribution in [0.5, 0.6) is 0 Å². The minimum absolute atomic E-state index is 0.0134. The van der Waals surface area contributed by atoms with Gasteiger partial charge in [-0.2, -0.15) is 5.10 Å². The van der Waals surface area contributed by atoms with E-state index in [-0.39, 0.29) is 5.02 Å². The lowest BCUT2D eigenvalue weighted by Gasteiger charge is -1.98. The molecular weight excluding hydrogens is 273 g/mol. The second kappa shape index (κ2) is 5.53. The summed E-state index contributed by atoms with van der Waals surface area (Å²) in [5, 5.41) is 3.56. The zero-order valence-corrected chi connectivity index (χ0v) is 10.3. The molecule has 0 saturated carbocycles. The number of primary amides is 1. The molecule has 19 heavy (non-hydrogen) atoms. The van der Waals surface area contributed by atoms with Crippen molar-refractivity contribution in [3.05, 3.63) is 46.9 Å². The predicted molar refractivity (Wildman–Crippen MR) is 69.4 cm³/mol. The topological polar surface area (TPSA) is 80.6 Å². The van der Waals surface area contributed by atoms with Crippen LogP contribution in [0.2, 0.25) is 5.02 Å². The summed E-state index contributed by atoms with van der Waals surface area (Å²) in [7, 11) is 0. The number of urea groups is 1. The predicted octanol–water partition coefficient (Wildman–Crippen LogP) is 2.74. The number of nitrogens with two attached hydrogens (primary N) is 1. The van der Waals surface area contributed by atoms with Crippen molar-refractivity contribution < 1.29 is 13.6 Å². The lowest BCUT2D eigenvalue weighted by molar-refractivity contribution is 0.249. The maximum absolute atomic E-state index is 13.0. The largest absolute Gasteiger partial charge is 0.455 e. The zero-order chi connectivity index (χ0) is 13.8. The molecule has 2 amide bonds. The van der Waals surface area contributed by atoms with Gasteiger partial charge in [0.05, 0.1) is 11.2 Å². The van der Waals surface area contributed by atoms with Crippen molar-refractivity contribution in [1.82, 2.24) is 5.43 Å². The number of carbonyl (C=O) groups is 1. The fraction of sp³-hybridized carbons (Fsp3) is 0. The molecule has 1 aromatic heterocycles. The summed E-state index contributed by atoms with van der Waals surface area (Å²) < 4.78 is 18.4. The number of amides is 2. The molecule has 1 heterocycles. The van der Waals surface area contributed by atoms with Crippen molar-refractivity contribution >= 4 is 23.8 Å². The SMILES string of the molecule is NC(=O)NN=Cc1ccc(-c2ccc(F)c(Cl)c2)o1. The van der Waals surface area contributed by atoms with Crippen molar-refractivity contribution in [1.29, 1.82) is 0 Å². The third-order valence-corrected chi connectivity index (χ3v) is 2.49. The molecule has 0 saturated heterocycles. The van der Waals surface area contributed by atoms with Crippen molar-refractivity contribution in [2.75, 3.05) is 0 Å². The lowest BCUT2D eigenvalue weighted by Crippen LogP contribution is -2.24. The van der Waals surface area contributed by atoms with E-state index in [4.69, 9.17) is 21.8 Å². The minimum Gasteiger partial charge on any atom is -0.455 e. The first-order valence-corrected chi connectivity index (χ1v) is 5.58. The molecule has 0 spiro atoms. The average Bonchev–Trinajstić information content (AvgIpc) is 2.81. The summed E-state index contributed by atoms with van der Waals surface area (Å²) in [4.78, 5) is 10.4. The lowest BCUT2D eigenvalue weighted by atomic mass is 10.2. The zero-order valence-electron chi connectivity index (χ0n) is 9.56. The molecule has 5 nitrogen and oxygen atoms in total. The number of hydrogen-bond acceptors (Lipinski definition) is 3. The molecule has 1 aromatic carbocycles. The van der Waals surface area contributed by atoms with E-state index in [0.717, 1.165) is 0 Å². The Kier molecular flexibility index (Phi) is 3.82. The average molecular weight is 282 g/mol. The van der Waals surface area contributed by atoms with Crippen LogP contribution in [0.15, 0.2) is 39.9 Å². The highest BCUT2D eigenvalue weighted by molar-refractivity contribution is 6.31. The molecule has 0 bridgehead atoms. The number of halogens is 2. The number of carbonyl (C=O) groups excluding carboxylic acids is 1. The van der Waals surface area contributed by atoms with Gasteiger partial charge in [-0.1, -0.05) is 11.6 Å². The van der Waals surface area contributed by atoms with E-state index < -0.39 is 11.8 Å². The second-order valence-electron chi connectivity index (χ2n) is 3.57. The third-order valence-electron chi connectivity index (χ3n) is 2.20. The van der Waals surface area contributed by atoms with Gasteiger partial charge in [0.2, 0.25) is 0 Å². The Morgan fingerprint density at radius 2 is 2.21 bits per heavy atom. The summed E-state index contributed by atoms with van der Waals surface area (Å²) in [6.07, 6.45) is 1.29. The number of furan rings is 1. The first-order chi connectivity index (χ1) is 9.06. The first kappa shape index (κ1) is 13.1. The number of hydrazone groups is 1. The van der Waals surface area contributed by atoms with Crippen molar-refractivity contribution in [2.24, 2.45) is 10.8 Å². The Morgan fingerprint density at radius 3 is 2.89 bits per heavy atom. The molecule has 98 valence electrons. The summed E-state index contributed by atoms with van der Waals surface area (Å²) in [5.41, 5.74) is 7.51. The van der Waals surface area contributed by atoms with E-state index in [1.54, 1.807) is 18.2 Å². The van der Waals surface area contributed by atoms with E-state index >= 15 is 0 Å². The van der Waals surface area contributed by atoms with Crippen LogP contribution >= 0.6 is 11.6 Å². The van der Waals surface area contributed by atoms with Gasteiger partial charge in [0.15, 0.2) is 0 Å². The molecule has 0 aliphatic rings. The van der Waals surface area contributed by atoms with Gasteiger partial charge in [0.25, 0.3) is 0 Å². The number of nitrogens with zero attached hydrogens (tertiary/aromatic N) is 1. The molecule has 2 rings (SSSR count). The Balaban J connectivity index is 2.18. The van der Waals surface area contributed by atoms with E-state index in [1.165, 1.54) is 18.3 Å². The molecule has 7 heteroatoms. The monoisotopic (exact) mass is 281 g/mol. The van der Waals surface area contributed by atoms with Gasteiger partial charge in [-0.15, -0.1) is 0 Å². The van der Waals surface area contributed by atoms with Crippen molar-refractivity contribution in [2.45, 2.75) is 0 Å². The number of benzene rings is 1. The van der Waals surface area contributed by atoms with Crippen LogP contribution in [0.25, 0.3) is 11.3 Å². The van der Waals surface area contributed by atoms with E-state index in [1.807, 2.05) is 5.43 Å². The molecule has 3 N–H and O–H groups in total. The van der Waals surface area contributed by atoms with Crippen LogP contribution < -0.4 is 11.2 Å². The van der Waals surface area contributed by atoms with Crippen LogP contribution in [0.3, 0.4) is 0 Å². The molecule has 2 aromatic rings. The van der Waals surface area contributed by atoms with Gasteiger partial charge in [0.1, 0.15) is 17.3 Å². The van der Waals surface area contributed by atoms with E-state index in [9.17, 15) is 9.18 Å². The Morgan fingerprint density at radius 1 is 1.42 bits per heavy atom. The Bertz CT molecular complexity index is 640. The van der Waals surface area contributed by atoms with Crippen molar-refractivity contribution in [3.8, 4) is 11.3 Å². The Hall–Kier alpha value is -2.34. The van der Waals surface area contributed by atoms with Crippen molar-refractivity contribution in [3.63, 3.8) is 0 Å². The minimum atomic E-state index is -0.770. The summed E-state index contributed by atoms with van der Waals surface area (Å²) in [5.74, 6) is 0.413. The number of hydrogen-bond donors (Lipinski definition) is 2. The van der Waals surface area contributed by atoms with Gasteiger partial charge in [-0.05, 0) is 30.3 Å². The highest BCUT2D eigenvalue weighted by Crippen LogP contribution is 2.26. The first-order valence-electron chi connectivity index (χ1n) is 5.20. The normalized spacial score (nSPS) is 10.8. The van der Waals surface area contributed by atoms with E-state index in [0.29, 0.717) is 17.1 Å². The standard InChI is InChI=1S/C12H9ClFN3O2/c13-9-5-7(1-3-10(9)14)11-4-2-8(19-11)6-16-17-12(15)18/h1-6H,(H3,15,17,18). The molecule has 0 fully saturated rings. The highest BCUT2D eigenvalue weighted by Gasteiger charge is 2.06. The molecule has 0 aliphatic heterocycles. The summed E-state index contributed by atoms with van der Waals surface area (Å²) >= 11 is 5.68. The van der Waals surface area contributed by atoms with Gasteiger partial charge in [-0.25, -0.2) is 14.6 Å². The molecule has 0 radical (unpaired) electrons. The van der Waals surface area contributed by atoms with Gasteiger partial charge >= 0.3 is 6.03 Å². The van der Waals surface area contributed by atoms with E-state index in [2.05, 4.69) is 5.10 Å². The van der Waals surface area contributed by atoms with Gasteiger partial charge < -0.3 is 10.2 Å². The van der Waals surface area contributed by atoms with Crippen LogP contribution in [0.1, 0.15) is 5.76 Å². The fourth-order valence-electron chi connectivity index (χ4n) is 1.39. The fourth-order valence-corrected chi connectivity index (χ4v) is 1.57. The Labute approximate surface area is 112 Å². The van der Waals surface area contributed by atoms with Crippen LogP contribution in [0, 0.1) is 5.82 Å². The second-order valence-corrected chi connectivity index (χ2v) is 3.97. The third kappa shape index (κ3) is 3.32. The smallest absolute Gasteiger partial charge is 0.332 e. The summed E-state index contributed by atoms with van der Waals surface area (Å²) in [6, 6.07) is 6.80. The van der Waals surface area contributed by atoms with Gasteiger partial charge in [-0.3, -0.25) is 0 Å². The van der Waals surface area contributed by atoms with Crippen LogP contribution in [-0.4, -0.2) is 12.2 Å². The molecule has 0 unspecified atom stereocenters. The number of nitrogens with one attached hydrogen (secondary N) is 1.